The summed E-state index contributed by atoms with van der Waals surface area (Å²) in [4.78, 5) is 7.06. The third-order valence-electron chi connectivity index (χ3n) is 5.82. The van der Waals surface area contributed by atoms with Crippen molar-refractivity contribution in [3.8, 4) is 0 Å². The number of piperidine rings is 1. The van der Waals surface area contributed by atoms with E-state index in [1.165, 1.54) is 64.6 Å². The van der Waals surface area contributed by atoms with Crippen molar-refractivity contribution in [3.63, 3.8) is 0 Å². The molecule has 0 amide bonds. The largest absolute Gasteiger partial charge is 0.356 e. The first-order chi connectivity index (χ1) is 11.1. The van der Waals surface area contributed by atoms with Gasteiger partial charge in [-0.15, -0.1) is 24.0 Å². The van der Waals surface area contributed by atoms with Gasteiger partial charge < -0.3 is 15.5 Å². The molecule has 2 aliphatic rings. The molecule has 4 nitrogen and oxygen atoms in total. The zero-order valence-electron chi connectivity index (χ0n) is 16.2. The maximum absolute atomic E-state index is 4.46. The first-order valence-corrected chi connectivity index (χ1v) is 9.76. The van der Waals surface area contributed by atoms with Crippen molar-refractivity contribution >= 4 is 29.9 Å². The van der Waals surface area contributed by atoms with Crippen LogP contribution in [0.1, 0.15) is 65.7 Å². The van der Waals surface area contributed by atoms with Gasteiger partial charge in [0, 0.05) is 39.3 Å². The van der Waals surface area contributed by atoms with Gasteiger partial charge in [-0.2, -0.15) is 0 Å². The Morgan fingerprint density at radius 2 is 1.83 bits per heavy atom. The van der Waals surface area contributed by atoms with Crippen LogP contribution in [0, 0.1) is 11.3 Å². The van der Waals surface area contributed by atoms with Crippen LogP contribution in [0.25, 0.3) is 0 Å². The van der Waals surface area contributed by atoms with Crippen LogP contribution in [0.5, 0.6) is 0 Å². The standard InChI is InChI=1S/C19H38N4.HI/c1-5-19(10-6-7-11-19)15-21-18(20-4)22-17-8-12-23(13-9-17)14-16(2)3;/h16-17H,5-15H2,1-4H3,(H2,20,21,22);1H. The lowest BCUT2D eigenvalue weighted by molar-refractivity contribution is 0.186. The number of nitrogens with one attached hydrogen (secondary N) is 2. The van der Waals surface area contributed by atoms with Crippen molar-refractivity contribution in [3.05, 3.63) is 0 Å². The van der Waals surface area contributed by atoms with Crippen molar-refractivity contribution in [2.75, 3.05) is 33.2 Å². The van der Waals surface area contributed by atoms with E-state index in [1.54, 1.807) is 0 Å². The first kappa shape index (κ1) is 22.0. The maximum atomic E-state index is 4.46. The fraction of sp³-hybridized carbons (Fsp3) is 0.947. The monoisotopic (exact) mass is 450 g/mol. The molecule has 0 spiro atoms. The van der Waals surface area contributed by atoms with Gasteiger partial charge in [-0.05, 0) is 43.4 Å². The highest BCUT2D eigenvalue weighted by molar-refractivity contribution is 14.0. The Hall–Kier alpha value is -0.0400. The van der Waals surface area contributed by atoms with Crippen LogP contribution in [-0.4, -0.2) is 50.1 Å². The summed E-state index contributed by atoms with van der Waals surface area (Å²) in [6, 6.07) is 0.575. The van der Waals surface area contributed by atoms with Gasteiger partial charge in [0.1, 0.15) is 0 Å². The lowest BCUT2D eigenvalue weighted by Gasteiger charge is -2.34. The molecule has 2 rings (SSSR count). The molecule has 5 heteroatoms. The molecule has 24 heavy (non-hydrogen) atoms. The van der Waals surface area contributed by atoms with E-state index in [0.29, 0.717) is 11.5 Å². The smallest absolute Gasteiger partial charge is 0.191 e. The van der Waals surface area contributed by atoms with Crippen LogP contribution in [0.15, 0.2) is 4.99 Å². The van der Waals surface area contributed by atoms with Gasteiger partial charge in [0.25, 0.3) is 0 Å². The molecule has 1 saturated carbocycles. The number of nitrogens with zero attached hydrogens (tertiary/aromatic N) is 2. The number of likely N-dealkylation sites (tertiary alicyclic amines) is 1. The van der Waals surface area contributed by atoms with Crippen LogP contribution in [0.4, 0.5) is 0 Å². The molecule has 0 unspecified atom stereocenters. The van der Waals surface area contributed by atoms with Gasteiger partial charge >= 0.3 is 0 Å². The minimum absolute atomic E-state index is 0. The first-order valence-electron chi connectivity index (χ1n) is 9.76. The summed E-state index contributed by atoms with van der Waals surface area (Å²) in [5.41, 5.74) is 0.512. The SMILES string of the molecule is CCC1(CNC(=NC)NC2CCN(CC(C)C)CC2)CCCC1.I. The molecule has 0 bridgehead atoms. The molecule has 0 aromatic heterocycles. The molecule has 1 aliphatic carbocycles. The molecular formula is C19H39IN4. The maximum Gasteiger partial charge on any atom is 0.191 e. The second-order valence-corrected chi connectivity index (χ2v) is 8.10. The van der Waals surface area contributed by atoms with Crippen molar-refractivity contribution in [2.24, 2.45) is 16.3 Å². The molecule has 0 aromatic carbocycles. The predicted octanol–water partition coefficient (Wildman–Crippen LogP) is 3.86. The third kappa shape index (κ3) is 6.70. The van der Waals surface area contributed by atoms with E-state index in [4.69, 9.17) is 0 Å². The summed E-state index contributed by atoms with van der Waals surface area (Å²) in [6.45, 7) is 11.7. The topological polar surface area (TPSA) is 39.7 Å². The minimum atomic E-state index is 0. The summed E-state index contributed by atoms with van der Waals surface area (Å²) < 4.78 is 0. The zero-order valence-corrected chi connectivity index (χ0v) is 18.6. The molecule has 1 aliphatic heterocycles. The van der Waals surface area contributed by atoms with E-state index in [2.05, 4.69) is 41.3 Å². The van der Waals surface area contributed by atoms with E-state index >= 15 is 0 Å². The molecule has 1 heterocycles. The second-order valence-electron chi connectivity index (χ2n) is 8.10. The van der Waals surface area contributed by atoms with E-state index in [1.807, 2.05) is 7.05 Å². The zero-order chi connectivity index (χ0) is 16.7. The van der Waals surface area contributed by atoms with Gasteiger partial charge in [-0.3, -0.25) is 4.99 Å². The molecule has 1 saturated heterocycles. The molecular weight excluding hydrogens is 411 g/mol. The number of hydrogen-bond donors (Lipinski definition) is 2. The Labute approximate surface area is 166 Å². The fourth-order valence-corrected chi connectivity index (χ4v) is 4.22. The summed E-state index contributed by atoms with van der Waals surface area (Å²) in [5.74, 6) is 1.78. The molecule has 2 N–H and O–H groups in total. The predicted molar refractivity (Wildman–Crippen MR) is 115 cm³/mol. The normalized spacial score (nSPS) is 22.5. The number of guanidine groups is 1. The van der Waals surface area contributed by atoms with Crippen LogP contribution < -0.4 is 10.6 Å². The average Bonchev–Trinajstić information content (AvgIpc) is 3.02. The third-order valence-corrected chi connectivity index (χ3v) is 5.82. The lowest BCUT2D eigenvalue weighted by Crippen LogP contribution is -2.50. The van der Waals surface area contributed by atoms with Gasteiger partial charge in [0.05, 0.1) is 0 Å². The van der Waals surface area contributed by atoms with Gasteiger partial charge in [-0.25, -0.2) is 0 Å². The summed E-state index contributed by atoms with van der Waals surface area (Å²) in [5, 5.41) is 7.28. The average molecular weight is 450 g/mol. The second kappa shape index (κ2) is 10.8. The fourth-order valence-electron chi connectivity index (χ4n) is 4.22. The van der Waals surface area contributed by atoms with E-state index in [-0.39, 0.29) is 24.0 Å². The van der Waals surface area contributed by atoms with Gasteiger partial charge in [-0.1, -0.05) is 33.6 Å². The Morgan fingerprint density at radius 1 is 1.21 bits per heavy atom. The number of halogens is 1. The summed E-state index contributed by atoms with van der Waals surface area (Å²) >= 11 is 0. The van der Waals surface area contributed by atoms with Gasteiger partial charge in [0.15, 0.2) is 5.96 Å². The highest BCUT2D eigenvalue weighted by Gasteiger charge is 2.32. The van der Waals surface area contributed by atoms with Crippen molar-refractivity contribution in [1.82, 2.24) is 15.5 Å². The number of aliphatic imine (C=N–C) groups is 1. The summed E-state index contributed by atoms with van der Waals surface area (Å²) in [7, 11) is 1.90. The van der Waals surface area contributed by atoms with Gasteiger partial charge in [0.2, 0.25) is 0 Å². The highest BCUT2D eigenvalue weighted by Crippen LogP contribution is 2.40. The number of hydrogen-bond acceptors (Lipinski definition) is 2. The lowest BCUT2D eigenvalue weighted by atomic mass is 9.83. The van der Waals surface area contributed by atoms with E-state index in [0.717, 1.165) is 18.4 Å². The van der Waals surface area contributed by atoms with Crippen LogP contribution >= 0.6 is 24.0 Å². The van der Waals surface area contributed by atoms with E-state index < -0.39 is 0 Å². The Morgan fingerprint density at radius 3 is 2.33 bits per heavy atom. The molecule has 0 atom stereocenters. The number of rotatable bonds is 6. The Balaban J connectivity index is 0.00000288. The van der Waals surface area contributed by atoms with Crippen molar-refractivity contribution in [2.45, 2.75) is 71.8 Å². The van der Waals surface area contributed by atoms with Crippen molar-refractivity contribution in [1.29, 1.82) is 0 Å². The molecule has 0 radical (unpaired) electrons. The molecule has 142 valence electrons. The van der Waals surface area contributed by atoms with E-state index in [9.17, 15) is 0 Å². The quantitative estimate of drug-likeness (QED) is 0.367. The molecule has 2 fully saturated rings. The minimum Gasteiger partial charge on any atom is -0.356 e. The Bertz CT molecular complexity index is 370. The highest BCUT2D eigenvalue weighted by atomic mass is 127. The summed E-state index contributed by atoms with van der Waals surface area (Å²) in [6.07, 6.45) is 9.29. The van der Waals surface area contributed by atoms with Crippen LogP contribution in [0.2, 0.25) is 0 Å². The van der Waals surface area contributed by atoms with Crippen LogP contribution in [0.3, 0.4) is 0 Å². The molecule has 0 aromatic rings. The van der Waals surface area contributed by atoms with Crippen LogP contribution in [-0.2, 0) is 0 Å². The Kier molecular flexibility index (Phi) is 9.94. The van der Waals surface area contributed by atoms with Crippen molar-refractivity contribution < 1.29 is 0 Å².